The van der Waals surface area contributed by atoms with Gasteiger partial charge in [0.2, 0.25) is 0 Å². The molecule has 112 valence electrons. The maximum atomic E-state index is 5.57. The number of aryl methyl sites for hydroxylation is 3. The molecule has 2 aromatic rings. The van der Waals surface area contributed by atoms with E-state index in [2.05, 4.69) is 48.5 Å². The lowest BCUT2D eigenvalue weighted by atomic mass is 9.92. The van der Waals surface area contributed by atoms with E-state index in [1.165, 1.54) is 37.7 Å². The van der Waals surface area contributed by atoms with Gasteiger partial charge in [-0.15, -0.1) is 11.6 Å². The predicted molar refractivity (Wildman–Crippen MR) is 93.2 cm³/mol. The lowest BCUT2D eigenvalue weighted by Gasteiger charge is -2.13. The van der Waals surface area contributed by atoms with E-state index in [1.54, 1.807) is 11.1 Å². The highest BCUT2D eigenvalue weighted by molar-refractivity contribution is 6.17. The smallest absolute Gasteiger partial charge is 0.0223 e. The Kier molecular flexibility index (Phi) is 7.38. The van der Waals surface area contributed by atoms with Crippen LogP contribution in [0.3, 0.4) is 0 Å². The lowest BCUT2D eigenvalue weighted by Crippen LogP contribution is -2.00. The van der Waals surface area contributed by atoms with Gasteiger partial charge in [0, 0.05) is 5.88 Å². The minimum Gasteiger partial charge on any atom is -0.127 e. The van der Waals surface area contributed by atoms with E-state index >= 15 is 0 Å². The Bertz CT molecular complexity index is 479. The van der Waals surface area contributed by atoms with Crippen molar-refractivity contribution in [3.63, 3.8) is 0 Å². The SMILES string of the molecule is ClCCCCc1ccccc1.c1ccc2c(c1)CCCC2. The van der Waals surface area contributed by atoms with Gasteiger partial charge in [-0.25, -0.2) is 0 Å². The summed E-state index contributed by atoms with van der Waals surface area (Å²) < 4.78 is 0. The number of hydrogen-bond acceptors (Lipinski definition) is 0. The molecule has 0 aromatic heterocycles. The van der Waals surface area contributed by atoms with Crippen LogP contribution in [0.1, 0.15) is 42.4 Å². The van der Waals surface area contributed by atoms with E-state index in [4.69, 9.17) is 11.6 Å². The van der Waals surface area contributed by atoms with Gasteiger partial charge >= 0.3 is 0 Å². The van der Waals surface area contributed by atoms with Gasteiger partial charge in [0.25, 0.3) is 0 Å². The van der Waals surface area contributed by atoms with E-state index in [0.717, 1.165) is 18.7 Å². The summed E-state index contributed by atoms with van der Waals surface area (Å²) in [5, 5.41) is 0. The first-order chi connectivity index (χ1) is 10.4. The van der Waals surface area contributed by atoms with Crippen molar-refractivity contribution in [1.82, 2.24) is 0 Å². The number of halogens is 1. The molecule has 0 bridgehead atoms. The summed E-state index contributed by atoms with van der Waals surface area (Å²) in [7, 11) is 0. The molecule has 1 aliphatic carbocycles. The Morgan fingerprint density at radius 1 is 0.714 bits per heavy atom. The van der Waals surface area contributed by atoms with Gasteiger partial charge in [-0.1, -0.05) is 54.6 Å². The van der Waals surface area contributed by atoms with Crippen molar-refractivity contribution in [3.05, 3.63) is 71.3 Å². The third-order valence-corrected chi connectivity index (χ3v) is 4.22. The topological polar surface area (TPSA) is 0 Å². The van der Waals surface area contributed by atoms with Crippen LogP contribution in [0.25, 0.3) is 0 Å². The summed E-state index contributed by atoms with van der Waals surface area (Å²) in [6, 6.07) is 19.3. The Morgan fingerprint density at radius 2 is 1.29 bits per heavy atom. The summed E-state index contributed by atoms with van der Waals surface area (Å²) in [6.07, 6.45) is 8.86. The fraction of sp³-hybridized carbons (Fsp3) is 0.400. The van der Waals surface area contributed by atoms with Crippen molar-refractivity contribution < 1.29 is 0 Å². The van der Waals surface area contributed by atoms with Crippen LogP contribution in [0, 0.1) is 0 Å². The summed E-state index contributed by atoms with van der Waals surface area (Å²) in [5.41, 5.74) is 4.57. The minimum atomic E-state index is 0.785. The zero-order chi connectivity index (χ0) is 14.8. The van der Waals surface area contributed by atoms with Crippen LogP contribution < -0.4 is 0 Å². The quantitative estimate of drug-likeness (QED) is 0.493. The lowest BCUT2D eigenvalue weighted by molar-refractivity contribution is 0.685. The Labute approximate surface area is 134 Å². The maximum absolute atomic E-state index is 5.57. The van der Waals surface area contributed by atoms with Crippen molar-refractivity contribution in [1.29, 1.82) is 0 Å². The second-order valence-electron chi connectivity index (χ2n) is 5.61. The standard InChI is InChI=1S/C10H13Cl.C10H12/c11-9-5-4-8-10-6-2-1-3-7-10;1-2-6-10-8-4-3-7-9(10)5-1/h1-3,6-7H,4-5,8-9H2;1-2,5-6H,3-4,7-8H2. The van der Waals surface area contributed by atoms with Crippen molar-refractivity contribution in [2.75, 3.05) is 5.88 Å². The molecule has 0 saturated heterocycles. The van der Waals surface area contributed by atoms with Gasteiger partial charge in [-0.2, -0.15) is 0 Å². The molecule has 0 nitrogen and oxygen atoms in total. The molecule has 1 heteroatoms. The highest BCUT2D eigenvalue weighted by atomic mass is 35.5. The van der Waals surface area contributed by atoms with Crippen molar-refractivity contribution in [3.8, 4) is 0 Å². The largest absolute Gasteiger partial charge is 0.127 e. The molecule has 0 saturated carbocycles. The van der Waals surface area contributed by atoms with Gasteiger partial charge in [0.05, 0.1) is 0 Å². The molecule has 1 aliphatic rings. The molecule has 0 aliphatic heterocycles. The summed E-state index contributed by atoms with van der Waals surface area (Å²) in [6.45, 7) is 0. The average molecular weight is 301 g/mol. The number of unbranched alkanes of at least 4 members (excludes halogenated alkanes) is 1. The fourth-order valence-corrected chi connectivity index (χ4v) is 2.93. The first-order valence-corrected chi connectivity index (χ1v) is 8.60. The van der Waals surface area contributed by atoms with Gasteiger partial charge in [0.1, 0.15) is 0 Å². The van der Waals surface area contributed by atoms with E-state index in [0.29, 0.717) is 0 Å². The van der Waals surface area contributed by atoms with E-state index in [9.17, 15) is 0 Å². The fourth-order valence-electron chi connectivity index (χ4n) is 2.74. The number of hydrogen-bond donors (Lipinski definition) is 0. The van der Waals surface area contributed by atoms with E-state index in [1.807, 2.05) is 6.07 Å². The number of rotatable bonds is 4. The third kappa shape index (κ3) is 5.93. The molecule has 0 radical (unpaired) electrons. The molecule has 0 unspecified atom stereocenters. The van der Waals surface area contributed by atoms with Crippen LogP contribution in [-0.4, -0.2) is 5.88 Å². The maximum Gasteiger partial charge on any atom is 0.0223 e. The van der Waals surface area contributed by atoms with Crippen molar-refractivity contribution in [2.45, 2.75) is 44.9 Å². The summed E-state index contributed by atoms with van der Waals surface area (Å²) in [4.78, 5) is 0. The van der Waals surface area contributed by atoms with Crippen molar-refractivity contribution in [2.24, 2.45) is 0 Å². The van der Waals surface area contributed by atoms with Crippen LogP contribution in [0.15, 0.2) is 54.6 Å². The molecule has 0 N–H and O–H groups in total. The monoisotopic (exact) mass is 300 g/mol. The number of fused-ring (bicyclic) bond motifs is 1. The Hall–Kier alpha value is -1.27. The van der Waals surface area contributed by atoms with Gasteiger partial charge in [-0.05, 0) is 61.6 Å². The first kappa shape index (κ1) is 16.1. The molecular weight excluding hydrogens is 276 g/mol. The van der Waals surface area contributed by atoms with Crippen LogP contribution in [0.5, 0.6) is 0 Å². The van der Waals surface area contributed by atoms with Gasteiger partial charge in [0.15, 0.2) is 0 Å². The van der Waals surface area contributed by atoms with Gasteiger partial charge in [-0.3, -0.25) is 0 Å². The predicted octanol–water partition coefficient (Wildman–Crippen LogP) is 5.81. The molecule has 0 fully saturated rings. The Morgan fingerprint density at radius 3 is 1.86 bits per heavy atom. The van der Waals surface area contributed by atoms with Crippen LogP contribution in [0.2, 0.25) is 0 Å². The van der Waals surface area contributed by atoms with Crippen LogP contribution in [-0.2, 0) is 19.3 Å². The van der Waals surface area contributed by atoms with Crippen LogP contribution >= 0.6 is 11.6 Å². The minimum absolute atomic E-state index is 0.785. The molecule has 2 aromatic carbocycles. The second kappa shape index (κ2) is 9.63. The summed E-state index contributed by atoms with van der Waals surface area (Å²) >= 11 is 5.57. The van der Waals surface area contributed by atoms with Crippen LogP contribution in [0.4, 0.5) is 0 Å². The molecule has 0 spiro atoms. The van der Waals surface area contributed by atoms with Crippen molar-refractivity contribution >= 4 is 11.6 Å². The van der Waals surface area contributed by atoms with E-state index < -0.39 is 0 Å². The molecule has 3 rings (SSSR count). The van der Waals surface area contributed by atoms with Gasteiger partial charge < -0.3 is 0 Å². The molecule has 0 atom stereocenters. The normalized spacial score (nSPS) is 13.0. The zero-order valence-corrected chi connectivity index (χ0v) is 13.5. The van der Waals surface area contributed by atoms with E-state index in [-0.39, 0.29) is 0 Å². The zero-order valence-electron chi connectivity index (χ0n) is 12.7. The number of alkyl halides is 1. The molecule has 0 amide bonds. The highest BCUT2D eigenvalue weighted by Gasteiger charge is 2.05. The molecule has 0 heterocycles. The second-order valence-corrected chi connectivity index (χ2v) is 5.99. The molecular formula is C20H25Cl. The average Bonchev–Trinajstić information content (AvgIpc) is 2.57. The Balaban J connectivity index is 0.000000154. The summed E-state index contributed by atoms with van der Waals surface area (Å²) in [5.74, 6) is 0.785. The number of benzene rings is 2. The third-order valence-electron chi connectivity index (χ3n) is 3.95. The first-order valence-electron chi connectivity index (χ1n) is 8.07. The highest BCUT2D eigenvalue weighted by Crippen LogP contribution is 2.19. The molecule has 21 heavy (non-hydrogen) atoms.